The fourth-order valence-electron chi connectivity index (χ4n) is 3.62. The van der Waals surface area contributed by atoms with Crippen LogP contribution < -0.4 is 34.1 Å². The van der Waals surface area contributed by atoms with E-state index in [0.717, 1.165) is 11.7 Å². The first-order valence-corrected chi connectivity index (χ1v) is 11.9. The predicted molar refractivity (Wildman–Crippen MR) is 130 cm³/mol. The Kier molecular flexibility index (Phi) is 11.1. The molecule has 0 aromatic carbocycles. The lowest BCUT2D eigenvalue weighted by molar-refractivity contribution is -0.144. The van der Waals surface area contributed by atoms with Gasteiger partial charge in [0.1, 0.15) is 6.61 Å². The summed E-state index contributed by atoms with van der Waals surface area (Å²) in [5, 5.41) is 18.2. The van der Waals surface area contributed by atoms with Crippen molar-refractivity contribution in [3.63, 3.8) is 0 Å². The van der Waals surface area contributed by atoms with Crippen molar-refractivity contribution in [3.05, 3.63) is 62.9 Å². The van der Waals surface area contributed by atoms with Crippen LogP contribution in [0.4, 0.5) is 0 Å². The zero-order valence-corrected chi connectivity index (χ0v) is 21.4. The van der Waals surface area contributed by atoms with E-state index in [2.05, 4.69) is 4.74 Å². The van der Waals surface area contributed by atoms with Crippen LogP contribution in [0.1, 0.15) is 19.8 Å². The average molecular weight is 559 g/mol. The van der Waals surface area contributed by atoms with Gasteiger partial charge in [-0.15, -0.1) is 0 Å². The number of aromatic nitrogens is 6. The number of ether oxygens (including phenoxy) is 2. The molecule has 0 amide bonds. The maximum atomic E-state index is 12.7. The predicted octanol–water partition coefficient (Wildman–Crippen LogP) is -5.14. The summed E-state index contributed by atoms with van der Waals surface area (Å²) < 4.78 is 13.4. The number of hydrogen-bond donors (Lipinski definition) is 2. The van der Waals surface area contributed by atoms with E-state index in [4.69, 9.17) is 14.9 Å². The van der Waals surface area contributed by atoms with Gasteiger partial charge in [-0.1, -0.05) is 0 Å². The van der Waals surface area contributed by atoms with Crippen molar-refractivity contribution in [2.75, 3.05) is 26.9 Å². The molecule has 0 bridgehead atoms. The number of rotatable bonds is 14. The molecule has 18 heteroatoms. The second-order valence-corrected chi connectivity index (χ2v) is 7.94. The molecular formula is C21H30N6O12. The standard InChI is InChI=1S/C21H30N6O12/c1-3-22-16(32)23(6-4-14(30)38-2)18(34)24(17(22)33)7-5-15(31)39-13-10-27-20(36)25(8-11-28)19(35)26(9-12-29)21(27)37/h28-29H,3-13H2,1-2H3. The zero-order chi connectivity index (χ0) is 29.3. The third-order valence-corrected chi connectivity index (χ3v) is 5.62. The minimum atomic E-state index is -1.05. The Balaban J connectivity index is 2.20. The highest BCUT2D eigenvalue weighted by molar-refractivity contribution is 5.69. The molecule has 0 aliphatic carbocycles. The Morgan fingerprint density at radius 1 is 0.590 bits per heavy atom. The molecule has 2 aromatic rings. The van der Waals surface area contributed by atoms with Crippen molar-refractivity contribution in [2.45, 2.75) is 59.0 Å². The quantitative estimate of drug-likeness (QED) is 0.208. The number of aliphatic hydroxyl groups excluding tert-OH is 2. The van der Waals surface area contributed by atoms with Crippen LogP contribution >= 0.6 is 0 Å². The third kappa shape index (κ3) is 6.96. The number of carbonyl (C=O) groups excluding carboxylic acids is 2. The lowest BCUT2D eigenvalue weighted by Crippen LogP contribution is -2.55. The van der Waals surface area contributed by atoms with E-state index in [-0.39, 0.29) is 19.5 Å². The molecule has 216 valence electrons. The summed E-state index contributed by atoms with van der Waals surface area (Å²) in [5.74, 6) is -1.59. The third-order valence-electron chi connectivity index (χ3n) is 5.62. The Labute approximate surface area is 218 Å². The molecule has 0 unspecified atom stereocenters. The Hall–Kier alpha value is -4.32. The number of nitrogens with zero attached hydrogens (tertiary/aromatic N) is 6. The lowest BCUT2D eigenvalue weighted by atomic mass is 10.4. The smallest absolute Gasteiger partial charge is 0.336 e. The Morgan fingerprint density at radius 2 is 0.949 bits per heavy atom. The molecule has 0 radical (unpaired) electrons. The van der Waals surface area contributed by atoms with Crippen LogP contribution in [0.3, 0.4) is 0 Å². The normalized spacial score (nSPS) is 11.0. The van der Waals surface area contributed by atoms with Gasteiger partial charge in [0.2, 0.25) is 0 Å². The van der Waals surface area contributed by atoms with Crippen LogP contribution in [0.2, 0.25) is 0 Å². The van der Waals surface area contributed by atoms with Gasteiger partial charge in [0, 0.05) is 19.6 Å². The molecule has 0 aliphatic rings. The largest absolute Gasteiger partial charge is 0.469 e. The van der Waals surface area contributed by atoms with Crippen LogP contribution in [0.15, 0.2) is 28.8 Å². The second kappa shape index (κ2) is 14.0. The van der Waals surface area contributed by atoms with Gasteiger partial charge in [0.15, 0.2) is 0 Å². The molecule has 2 heterocycles. The highest BCUT2D eigenvalue weighted by Crippen LogP contribution is 1.92. The van der Waals surface area contributed by atoms with Gasteiger partial charge in [-0.05, 0) is 6.92 Å². The second-order valence-electron chi connectivity index (χ2n) is 7.94. The number of carbonyl (C=O) groups is 2. The number of esters is 2. The van der Waals surface area contributed by atoms with E-state index < -0.39 is 98.5 Å². The first-order valence-electron chi connectivity index (χ1n) is 11.9. The minimum absolute atomic E-state index is 0.0817. The molecule has 0 atom stereocenters. The van der Waals surface area contributed by atoms with Crippen LogP contribution in [-0.2, 0) is 58.3 Å². The molecule has 0 saturated carbocycles. The number of aliphatic hydroxyl groups is 2. The maximum Gasteiger partial charge on any atom is 0.336 e. The highest BCUT2D eigenvalue weighted by Gasteiger charge is 2.18. The molecular weight excluding hydrogens is 528 g/mol. The highest BCUT2D eigenvalue weighted by atomic mass is 16.5. The summed E-state index contributed by atoms with van der Waals surface area (Å²) in [6, 6.07) is 0. The van der Waals surface area contributed by atoms with Crippen molar-refractivity contribution < 1.29 is 29.3 Å². The molecule has 2 rings (SSSR count). The van der Waals surface area contributed by atoms with Crippen LogP contribution in [-0.4, -0.2) is 76.5 Å². The van der Waals surface area contributed by atoms with Gasteiger partial charge in [-0.25, -0.2) is 56.2 Å². The average Bonchev–Trinajstić information content (AvgIpc) is 2.90. The van der Waals surface area contributed by atoms with Gasteiger partial charge in [-0.2, -0.15) is 0 Å². The molecule has 39 heavy (non-hydrogen) atoms. The minimum Gasteiger partial charge on any atom is -0.469 e. The van der Waals surface area contributed by atoms with Crippen molar-refractivity contribution in [1.29, 1.82) is 0 Å². The Morgan fingerprint density at radius 3 is 1.33 bits per heavy atom. The van der Waals surface area contributed by atoms with Crippen molar-refractivity contribution >= 4 is 11.9 Å². The first kappa shape index (κ1) is 30.9. The topological polar surface area (TPSA) is 225 Å². The summed E-state index contributed by atoms with van der Waals surface area (Å²) in [6.07, 6.45) is -0.803. The lowest BCUT2D eigenvalue weighted by Gasteiger charge is -2.14. The SMILES string of the molecule is CCn1c(=O)n(CCC(=O)OC)c(=O)n(CCC(=O)OCCn2c(=O)n(CCO)c(=O)n(CCO)c2=O)c1=O. The van der Waals surface area contributed by atoms with Crippen LogP contribution in [0.5, 0.6) is 0 Å². The molecule has 0 fully saturated rings. The summed E-state index contributed by atoms with van der Waals surface area (Å²) in [4.78, 5) is 98.9. The van der Waals surface area contributed by atoms with Crippen molar-refractivity contribution in [2.24, 2.45) is 0 Å². The fourth-order valence-corrected chi connectivity index (χ4v) is 3.62. The van der Waals surface area contributed by atoms with Crippen molar-refractivity contribution in [1.82, 2.24) is 27.4 Å². The van der Waals surface area contributed by atoms with Crippen LogP contribution in [0, 0.1) is 0 Å². The molecule has 18 nitrogen and oxygen atoms in total. The van der Waals surface area contributed by atoms with E-state index in [0.29, 0.717) is 22.8 Å². The summed E-state index contributed by atoms with van der Waals surface area (Å²) in [5.41, 5.74) is -6.03. The number of methoxy groups -OCH3 is 1. The fraction of sp³-hybridized carbons (Fsp3) is 0.619. The molecule has 0 spiro atoms. The van der Waals surface area contributed by atoms with Gasteiger partial charge in [0.05, 0.1) is 52.8 Å². The Bertz CT molecular complexity index is 1510. The van der Waals surface area contributed by atoms with E-state index in [1.165, 1.54) is 6.92 Å². The summed E-state index contributed by atoms with van der Waals surface area (Å²) in [7, 11) is 1.13. The zero-order valence-electron chi connectivity index (χ0n) is 21.4. The van der Waals surface area contributed by atoms with E-state index in [1.54, 1.807) is 0 Å². The molecule has 2 N–H and O–H groups in total. The van der Waals surface area contributed by atoms with E-state index >= 15 is 0 Å². The van der Waals surface area contributed by atoms with E-state index in [9.17, 15) is 38.4 Å². The van der Waals surface area contributed by atoms with E-state index in [1.807, 2.05) is 0 Å². The van der Waals surface area contributed by atoms with Crippen LogP contribution in [0.25, 0.3) is 0 Å². The summed E-state index contributed by atoms with van der Waals surface area (Å²) in [6.45, 7) is -2.34. The first-order chi connectivity index (χ1) is 18.5. The number of hydrogen-bond acceptors (Lipinski definition) is 12. The van der Waals surface area contributed by atoms with Gasteiger partial charge < -0.3 is 19.7 Å². The maximum absolute atomic E-state index is 12.7. The molecule has 0 aliphatic heterocycles. The van der Waals surface area contributed by atoms with Gasteiger partial charge >= 0.3 is 46.1 Å². The van der Waals surface area contributed by atoms with Crippen molar-refractivity contribution in [3.8, 4) is 0 Å². The van der Waals surface area contributed by atoms with Gasteiger partial charge in [0.25, 0.3) is 0 Å². The molecule has 0 saturated heterocycles. The monoisotopic (exact) mass is 558 g/mol. The molecule has 2 aromatic heterocycles. The van der Waals surface area contributed by atoms with Gasteiger partial charge in [-0.3, -0.25) is 9.59 Å². The summed E-state index contributed by atoms with van der Waals surface area (Å²) >= 11 is 0.